The molecule has 18 heavy (non-hydrogen) atoms. The highest BCUT2D eigenvalue weighted by Crippen LogP contribution is 2.20. The van der Waals surface area contributed by atoms with Crippen LogP contribution in [0.3, 0.4) is 0 Å². The quantitative estimate of drug-likeness (QED) is 0.793. The van der Waals surface area contributed by atoms with Crippen LogP contribution in [-0.4, -0.2) is 52.8 Å². The molecular weight excluding hydrogens is 236 g/mol. The van der Waals surface area contributed by atoms with Crippen molar-refractivity contribution in [3.8, 4) is 0 Å². The van der Waals surface area contributed by atoms with Crippen LogP contribution in [0.5, 0.6) is 0 Å². The lowest BCUT2D eigenvalue weighted by atomic mass is 9.99. The molecule has 104 valence electrons. The van der Waals surface area contributed by atoms with E-state index in [0.717, 1.165) is 0 Å². The van der Waals surface area contributed by atoms with Gasteiger partial charge < -0.3 is 20.1 Å². The van der Waals surface area contributed by atoms with Gasteiger partial charge in [0, 0.05) is 6.54 Å². The van der Waals surface area contributed by atoms with Crippen LogP contribution in [-0.2, 0) is 9.53 Å². The molecular formula is C12H22N2O4. The Labute approximate surface area is 107 Å². The molecule has 6 nitrogen and oxygen atoms in total. The first-order valence-electron chi connectivity index (χ1n) is 6.14. The Morgan fingerprint density at radius 2 is 2.11 bits per heavy atom. The Morgan fingerprint density at radius 3 is 2.56 bits per heavy atom. The zero-order valence-electron chi connectivity index (χ0n) is 11.4. The summed E-state index contributed by atoms with van der Waals surface area (Å²) in [6, 6.07) is -0.352. The summed E-state index contributed by atoms with van der Waals surface area (Å²) in [5.41, 5.74) is -1.65. The smallest absolute Gasteiger partial charge is 0.329 e. The molecule has 1 atom stereocenters. The number of urea groups is 1. The van der Waals surface area contributed by atoms with E-state index in [-0.39, 0.29) is 6.03 Å². The summed E-state index contributed by atoms with van der Waals surface area (Å²) in [5.74, 6) is -1.02. The second-order valence-corrected chi connectivity index (χ2v) is 5.44. The molecule has 0 aliphatic carbocycles. The van der Waals surface area contributed by atoms with Crippen LogP contribution in [0.1, 0.15) is 34.1 Å². The van der Waals surface area contributed by atoms with Crippen LogP contribution < -0.4 is 5.32 Å². The van der Waals surface area contributed by atoms with E-state index in [1.54, 1.807) is 11.8 Å². The number of nitrogens with zero attached hydrogens (tertiary/aromatic N) is 1. The van der Waals surface area contributed by atoms with Gasteiger partial charge in [0.05, 0.1) is 18.8 Å². The number of morpholine rings is 1. The Kier molecular flexibility index (Phi) is 4.21. The summed E-state index contributed by atoms with van der Waals surface area (Å²) >= 11 is 0. The van der Waals surface area contributed by atoms with Gasteiger partial charge in [0.15, 0.2) is 0 Å². The number of carboxylic acids is 1. The molecule has 0 spiro atoms. The maximum absolute atomic E-state index is 12.2. The minimum Gasteiger partial charge on any atom is -0.480 e. The van der Waals surface area contributed by atoms with Crippen molar-refractivity contribution in [2.75, 3.05) is 19.8 Å². The molecule has 0 aromatic heterocycles. The van der Waals surface area contributed by atoms with Gasteiger partial charge in [-0.25, -0.2) is 9.59 Å². The summed E-state index contributed by atoms with van der Waals surface area (Å²) in [7, 11) is 0. The van der Waals surface area contributed by atoms with Crippen molar-refractivity contribution in [2.24, 2.45) is 0 Å². The first kappa shape index (κ1) is 14.8. The number of carbonyl (C=O) groups excluding carboxylic acids is 1. The number of nitrogens with one attached hydrogen (secondary N) is 1. The van der Waals surface area contributed by atoms with Crippen molar-refractivity contribution in [1.82, 2.24) is 10.2 Å². The summed E-state index contributed by atoms with van der Waals surface area (Å²) < 4.78 is 5.33. The number of hydrogen-bond acceptors (Lipinski definition) is 3. The molecule has 2 amide bonds. The largest absolute Gasteiger partial charge is 0.480 e. The number of rotatable bonds is 3. The van der Waals surface area contributed by atoms with Crippen molar-refractivity contribution in [2.45, 2.75) is 45.2 Å². The Morgan fingerprint density at radius 1 is 1.50 bits per heavy atom. The lowest BCUT2D eigenvalue weighted by Gasteiger charge is -2.43. The molecule has 1 fully saturated rings. The van der Waals surface area contributed by atoms with E-state index in [1.807, 2.05) is 13.8 Å². The van der Waals surface area contributed by atoms with Gasteiger partial charge in [0.1, 0.15) is 5.54 Å². The Hall–Kier alpha value is -1.30. The number of aliphatic carboxylic acids is 1. The van der Waals surface area contributed by atoms with Crippen LogP contribution in [0.15, 0.2) is 0 Å². The summed E-state index contributed by atoms with van der Waals surface area (Å²) in [4.78, 5) is 25.0. The summed E-state index contributed by atoms with van der Waals surface area (Å²) in [6.45, 7) is 8.45. The van der Waals surface area contributed by atoms with Gasteiger partial charge in [0.25, 0.3) is 0 Å². The minimum absolute atomic E-state index is 0.332. The SMILES string of the molecule is CCC(C)(NC(=O)N1CCOCC1(C)C)C(=O)O. The maximum Gasteiger partial charge on any atom is 0.329 e. The van der Waals surface area contributed by atoms with E-state index in [2.05, 4.69) is 5.32 Å². The second kappa shape index (κ2) is 5.14. The molecule has 0 radical (unpaired) electrons. The molecule has 2 N–H and O–H groups in total. The fourth-order valence-electron chi connectivity index (χ4n) is 1.83. The van der Waals surface area contributed by atoms with Crippen LogP contribution in [0.2, 0.25) is 0 Å². The van der Waals surface area contributed by atoms with Gasteiger partial charge in [0.2, 0.25) is 0 Å². The fraction of sp³-hybridized carbons (Fsp3) is 0.833. The fourth-order valence-corrected chi connectivity index (χ4v) is 1.83. The van der Waals surface area contributed by atoms with Crippen LogP contribution in [0, 0.1) is 0 Å². The average molecular weight is 258 g/mol. The summed E-state index contributed by atoms with van der Waals surface area (Å²) in [5, 5.41) is 11.8. The van der Waals surface area contributed by atoms with Crippen LogP contribution in [0.25, 0.3) is 0 Å². The number of carbonyl (C=O) groups is 2. The molecule has 1 aliphatic heterocycles. The van der Waals surface area contributed by atoms with Crippen molar-refractivity contribution in [3.63, 3.8) is 0 Å². The number of hydrogen-bond donors (Lipinski definition) is 2. The highest BCUT2D eigenvalue weighted by atomic mass is 16.5. The summed E-state index contributed by atoms with van der Waals surface area (Å²) in [6.07, 6.45) is 0.332. The monoisotopic (exact) mass is 258 g/mol. The molecule has 0 aromatic rings. The van der Waals surface area contributed by atoms with Gasteiger partial charge >= 0.3 is 12.0 Å². The molecule has 0 saturated carbocycles. The first-order chi connectivity index (χ1) is 8.23. The van der Waals surface area contributed by atoms with Crippen molar-refractivity contribution in [3.05, 3.63) is 0 Å². The molecule has 1 heterocycles. The second-order valence-electron chi connectivity index (χ2n) is 5.44. The van der Waals surface area contributed by atoms with E-state index < -0.39 is 17.0 Å². The average Bonchev–Trinajstić information content (AvgIpc) is 2.27. The van der Waals surface area contributed by atoms with Gasteiger partial charge in [-0.15, -0.1) is 0 Å². The standard InChI is InChI=1S/C12H22N2O4/c1-5-12(4,9(15)16)13-10(17)14-6-7-18-8-11(14,2)3/h5-8H2,1-4H3,(H,13,17)(H,15,16). The minimum atomic E-state index is -1.23. The molecule has 1 saturated heterocycles. The molecule has 1 rings (SSSR count). The predicted octanol–water partition coefficient (Wildman–Crippen LogP) is 1.06. The molecule has 1 aliphatic rings. The number of ether oxygens (including phenoxy) is 1. The topological polar surface area (TPSA) is 78.9 Å². The van der Waals surface area contributed by atoms with E-state index in [4.69, 9.17) is 9.84 Å². The first-order valence-corrected chi connectivity index (χ1v) is 6.14. The third-order valence-corrected chi connectivity index (χ3v) is 3.45. The zero-order valence-corrected chi connectivity index (χ0v) is 11.4. The highest BCUT2D eigenvalue weighted by Gasteiger charge is 2.39. The normalized spacial score (nSPS) is 22.1. The van der Waals surface area contributed by atoms with Crippen molar-refractivity contribution >= 4 is 12.0 Å². The molecule has 0 aromatic carbocycles. The lowest BCUT2D eigenvalue weighted by molar-refractivity contribution is -0.144. The maximum atomic E-state index is 12.2. The van der Waals surface area contributed by atoms with Crippen molar-refractivity contribution in [1.29, 1.82) is 0 Å². The third kappa shape index (κ3) is 2.93. The molecule has 1 unspecified atom stereocenters. The van der Waals surface area contributed by atoms with Crippen molar-refractivity contribution < 1.29 is 19.4 Å². The highest BCUT2D eigenvalue weighted by molar-refractivity contribution is 5.86. The van der Waals surface area contributed by atoms with Gasteiger partial charge in [-0.1, -0.05) is 6.92 Å². The van der Waals surface area contributed by atoms with Gasteiger partial charge in [-0.3, -0.25) is 0 Å². The number of carboxylic acid groups (broad SMARTS) is 1. The van der Waals surface area contributed by atoms with E-state index in [0.29, 0.717) is 26.2 Å². The third-order valence-electron chi connectivity index (χ3n) is 3.45. The zero-order chi connectivity index (χ0) is 14.0. The predicted molar refractivity (Wildman–Crippen MR) is 66.5 cm³/mol. The lowest BCUT2D eigenvalue weighted by Crippen LogP contribution is -2.63. The Balaban J connectivity index is 2.78. The van der Waals surface area contributed by atoms with E-state index in [9.17, 15) is 9.59 Å². The molecule has 6 heteroatoms. The molecule has 0 bridgehead atoms. The van der Waals surface area contributed by atoms with E-state index in [1.165, 1.54) is 6.92 Å². The van der Waals surface area contributed by atoms with Crippen LogP contribution in [0.4, 0.5) is 4.79 Å². The van der Waals surface area contributed by atoms with Gasteiger partial charge in [-0.05, 0) is 27.2 Å². The van der Waals surface area contributed by atoms with Gasteiger partial charge in [-0.2, -0.15) is 0 Å². The van der Waals surface area contributed by atoms with Crippen LogP contribution >= 0.6 is 0 Å². The Bertz CT molecular complexity index is 343. The van der Waals surface area contributed by atoms with E-state index >= 15 is 0 Å². The number of amides is 2.